The van der Waals surface area contributed by atoms with Crippen LogP contribution in [0.2, 0.25) is 0 Å². The molecule has 0 fully saturated rings. The Hall–Kier alpha value is -4.60. The van der Waals surface area contributed by atoms with Crippen LogP contribution in [0.25, 0.3) is 32.3 Å². The molecular formula is C26H19N3O6. The molecule has 0 spiro atoms. The summed E-state index contributed by atoms with van der Waals surface area (Å²) in [4.78, 5) is 35.4. The van der Waals surface area contributed by atoms with E-state index in [0.717, 1.165) is 38.4 Å². The monoisotopic (exact) mass is 469 g/mol. The normalized spacial score (nSPS) is 13.1. The molecular weight excluding hydrogens is 450 g/mol. The Balaban J connectivity index is 1.38. The van der Waals surface area contributed by atoms with E-state index in [1.165, 1.54) is 18.2 Å². The number of hydrogen-bond acceptors (Lipinski definition) is 6. The van der Waals surface area contributed by atoms with Crippen LogP contribution in [0, 0.1) is 10.1 Å². The van der Waals surface area contributed by atoms with Crippen LogP contribution in [0.5, 0.6) is 0 Å². The molecule has 0 saturated heterocycles. The molecule has 9 nitrogen and oxygen atoms in total. The second-order valence-electron chi connectivity index (χ2n) is 8.14. The molecule has 5 aromatic rings. The first-order chi connectivity index (χ1) is 16.8. The van der Waals surface area contributed by atoms with E-state index in [9.17, 15) is 29.9 Å². The first kappa shape index (κ1) is 22.2. The Bertz CT molecular complexity index is 1600. The molecule has 0 unspecified atom stereocenters. The molecule has 5 aromatic carbocycles. The molecule has 2 atom stereocenters. The number of rotatable bonds is 6. The summed E-state index contributed by atoms with van der Waals surface area (Å²) >= 11 is 0. The second-order valence-corrected chi connectivity index (χ2v) is 8.14. The zero-order valence-corrected chi connectivity index (χ0v) is 18.1. The minimum Gasteiger partial charge on any atom is -0.380 e. The van der Waals surface area contributed by atoms with E-state index in [2.05, 4.69) is 10.6 Å². The highest BCUT2D eigenvalue weighted by atomic mass is 16.6. The number of anilines is 2. The summed E-state index contributed by atoms with van der Waals surface area (Å²) in [7, 11) is 0. The number of carbonyl (C=O) groups excluding carboxylic acids is 2. The lowest BCUT2D eigenvalue weighted by Gasteiger charge is -2.19. The van der Waals surface area contributed by atoms with Crippen molar-refractivity contribution in [1.29, 1.82) is 0 Å². The van der Waals surface area contributed by atoms with Gasteiger partial charge < -0.3 is 20.8 Å². The van der Waals surface area contributed by atoms with Crippen LogP contribution in [0.1, 0.15) is 0 Å². The molecule has 0 aliphatic heterocycles. The first-order valence-electron chi connectivity index (χ1n) is 10.7. The van der Waals surface area contributed by atoms with E-state index < -0.39 is 28.9 Å². The molecule has 0 aliphatic carbocycles. The molecule has 0 heterocycles. The fraction of sp³-hybridized carbons (Fsp3) is 0.0769. The van der Waals surface area contributed by atoms with E-state index in [-0.39, 0.29) is 11.4 Å². The minimum absolute atomic E-state index is 0.0441. The minimum atomic E-state index is -2.10. The summed E-state index contributed by atoms with van der Waals surface area (Å²) in [6.07, 6.45) is -4.18. The van der Waals surface area contributed by atoms with Crippen molar-refractivity contribution in [1.82, 2.24) is 0 Å². The number of hydrogen-bond donors (Lipinski definition) is 4. The molecule has 5 rings (SSSR count). The summed E-state index contributed by atoms with van der Waals surface area (Å²) in [6, 6.07) is 22.5. The third kappa shape index (κ3) is 3.99. The predicted molar refractivity (Wildman–Crippen MR) is 133 cm³/mol. The van der Waals surface area contributed by atoms with Crippen molar-refractivity contribution in [3.63, 3.8) is 0 Å². The van der Waals surface area contributed by atoms with Crippen LogP contribution in [0.4, 0.5) is 17.1 Å². The summed E-state index contributed by atoms with van der Waals surface area (Å²) in [6.45, 7) is 0. The Morgan fingerprint density at radius 1 is 0.743 bits per heavy atom. The fourth-order valence-electron chi connectivity index (χ4n) is 4.25. The van der Waals surface area contributed by atoms with Gasteiger partial charge >= 0.3 is 0 Å². The molecule has 4 N–H and O–H groups in total. The van der Waals surface area contributed by atoms with Crippen LogP contribution in [0.15, 0.2) is 78.9 Å². The zero-order chi connectivity index (χ0) is 24.7. The molecule has 0 aliphatic rings. The lowest BCUT2D eigenvalue weighted by molar-refractivity contribution is -0.384. The molecule has 0 bridgehead atoms. The van der Waals surface area contributed by atoms with Crippen LogP contribution < -0.4 is 10.6 Å². The van der Waals surface area contributed by atoms with Gasteiger partial charge in [-0.25, -0.2) is 0 Å². The molecule has 2 amide bonds. The number of benzene rings is 5. The molecule has 9 heteroatoms. The van der Waals surface area contributed by atoms with Crippen molar-refractivity contribution in [2.45, 2.75) is 12.2 Å². The molecule has 0 saturated carbocycles. The van der Waals surface area contributed by atoms with Crippen LogP contribution in [-0.2, 0) is 9.59 Å². The Kier molecular flexibility index (Phi) is 5.48. The summed E-state index contributed by atoms with van der Waals surface area (Å²) in [5.41, 5.74) is 0.207. The number of nitro groups is 1. The highest BCUT2D eigenvalue weighted by molar-refractivity contribution is 6.26. The number of nitro benzene ring substituents is 1. The topological polar surface area (TPSA) is 142 Å². The first-order valence-corrected chi connectivity index (χ1v) is 10.7. The Morgan fingerprint density at radius 2 is 1.31 bits per heavy atom. The van der Waals surface area contributed by atoms with Crippen LogP contribution in [-0.4, -0.2) is 39.2 Å². The van der Waals surface area contributed by atoms with Crippen molar-refractivity contribution in [3.05, 3.63) is 89.0 Å². The maximum absolute atomic E-state index is 12.7. The van der Waals surface area contributed by atoms with Gasteiger partial charge in [0.05, 0.1) is 4.92 Å². The van der Waals surface area contributed by atoms with Crippen molar-refractivity contribution in [2.75, 3.05) is 10.6 Å². The number of nitrogens with zero attached hydrogens (tertiary/aromatic N) is 1. The number of non-ortho nitro benzene ring substituents is 1. The molecule has 0 aromatic heterocycles. The SMILES string of the molecule is O=C(Nc1cccc([N+](=O)[O-])c1)[C@H](O)[C@@H](O)C(=O)Nc1ccc2ccc3cccc4ccc1c2c34. The maximum atomic E-state index is 12.7. The number of aliphatic hydroxyl groups excluding tert-OH is 2. The van der Waals surface area contributed by atoms with Gasteiger partial charge in [-0.3, -0.25) is 19.7 Å². The van der Waals surface area contributed by atoms with Gasteiger partial charge in [0.15, 0.2) is 12.2 Å². The van der Waals surface area contributed by atoms with E-state index in [1.807, 2.05) is 48.5 Å². The van der Waals surface area contributed by atoms with Gasteiger partial charge in [0.1, 0.15) is 0 Å². The standard InChI is InChI=1S/C26H19N3O6/c30-23(25(32)27-17-5-2-6-18(13-17)29(34)35)24(31)26(33)28-20-12-10-16-8-7-14-3-1-4-15-9-11-19(20)22(16)21(14)15/h1-13,23-24,30-31H,(H,27,32)(H,28,33)/t23-,24-/m1/s1. The predicted octanol–water partition coefficient (Wildman–Crippen LogP) is 3.79. The third-order valence-electron chi connectivity index (χ3n) is 5.95. The van der Waals surface area contributed by atoms with Crippen molar-refractivity contribution < 1.29 is 24.7 Å². The average Bonchev–Trinajstić information content (AvgIpc) is 2.87. The second kappa shape index (κ2) is 8.64. The number of aliphatic hydroxyl groups is 2. The lowest BCUT2D eigenvalue weighted by Crippen LogP contribution is -2.45. The number of nitrogens with one attached hydrogen (secondary N) is 2. The Labute approximate surface area is 198 Å². The van der Waals surface area contributed by atoms with Gasteiger partial charge in [-0.2, -0.15) is 0 Å². The van der Waals surface area contributed by atoms with Gasteiger partial charge in [-0.05, 0) is 39.1 Å². The summed E-state index contributed by atoms with van der Waals surface area (Å²) in [5.74, 6) is -2.05. The third-order valence-corrected chi connectivity index (χ3v) is 5.95. The largest absolute Gasteiger partial charge is 0.380 e. The number of carbonyl (C=O) groups is 2. The fourth-order valence-corrected chi connectivity index (χ4v) is 4.25. The van der Waals surface area contributed by atoms with Gasteiger partial charge in [0.25, 0.3) is 17.5 Å². The molecule has 0 radical (unpaired) electrons. The van der Waals surface area contributed by atoms with E-state index in [4.69, 9.17) is 0 Å². The zero-order valence-electron chi connectivity index (χ0n) is 18.1. The highest BCUT2D eigenvalue weighted by Crippen LogP contribution is 2.37. The van der Waals surface area contributed by atoms with Crippen molar-refractivity contribution in [3.8, 4) is 0 Å². The smallest absolute Gasteiger partial charge is 0.271 e. The lowest BCUT2D eigenvalue weighted by atomic mass is 9.93. The van der Waals surface area contributed by atoms with Crippen molar-refractivity contribution in [2.24, 2.45) is 0 Å². The van der Waals surface area contributed by atoms with E-state index >= 15 is 0 Å². The number of amides is 2. The Morgan fingerprint density at radius 3 is 2.00 bits per heavy atom. The quantitative estimate of drug-likeness (QED) is 0.169. The van der Waals surface area contributed by atoms with Crippen LogP contribution in [0.3, 0.4) is 0 Å². The van der Waals surface area contributed by atoms with Gasteiger partial charge in [0, 0.05) is 28.9 Å². The van der Waals surface area contributed by atoms with E-state index in [0.29, 0.717) is 5.69 Å². The average molecular weight is 469 g/mol. The van der Waals surface area contributed by atoms with E-state index in [1.54, 1.807) is 6.07 Å². The molecule has 35 heavy (non-hydrogen) atoms. The van der Waals surface area contributed by atoms with Gasteiger partial charge in [0.2, 0.25) is 0 Å². The maximum Gasteiger partial charge on any atom is 0.271 e. The highest BCUT2D eigenvalue weighted by Gasteiger charge is 2.31. The van der Waals surface area contributed by atoms with Crippen LogP contribution >= 0.6 is 0 Å². The molecule has 174 valence electrons. The van der Waals surface area contributed by atoms with Gasteiger partial charge in [-0.1, -0.05) is 54.6 Å². The van der Waals surface area contributed by atoms with Crippen molar-refractivity contribution >= 4 is 61.2 Å². The summed E-state index contributed by atoms with van der Waals surface area (Å²) < 4.78 is 0. The summed E-state index contributed by atoms with van der Waals surface area (Å²) in [5, 5.41) is 42.2. The van der Waals surface area contributed by atoms with Gasteiger partial charge in [-0.15, -0.1) is 0 Å².